The molecule has 3 aromatic rings. The molecule has 1 fully saturated rings. The van der Waals surface area contributed by atoms with Crippen molar-refractivity contribution in [3.05, 3.63) is 89.7 Å². The molecule has 3 aromatic carbocycles. The molecule has 2 aliphatic heterocycles. The number of nitrogens with zero attached hydrogens (tertiary/aromatic N) is 2. The standard InChI is InChI=1S/C26H20FN3O6/c27-18-8-4-7-17(12-18)25(33)28-30(24(32)11-16-5-2-1-3-6-16)20-14-23(31)29(26(20)34)19-9-10-21-22(13-19)36-15-35-21/h1-10,12-13,20H,11,14-15H2,(H,28,33). The van der Waals surface area contributed by atoms with Gasteiger partial charge in [-0.05, 0) is 35.9 Å². The van der Waals surface area contributed by atoms with Crippen LogP contribution in [0.2, 0.25) is 0 Å². The predicted octanol–water partition coefficient (Wildman–Crippen LogP) is 2.60. The van der Waals surface area contributed by atoms with Gasteiger partial charge in [-0.15, -0.1) is 0 Å². The molecule has 0 aromatic heterocycles. The normalized spacial score (nSPS) is 16.2. The number of halogens is 1. The highest BCUT2D eigenvalue weighted by molar-refractivity contribution is 6.23. The molecule has 2 heterocycles. The van der Waals surface area contributed by atoms with Crippen LogP contribution in [0, 0.1) is 5.82 Å². The van der Waals surface area contributed by atoms with Gasteiger partial charge in [0.25, 0.3) is 11.8 Å². The third kappa shape index (κ3) is 4.48. The van der Waals surface area contributed by atoms with Gasteiger partial charge in [0, 0.05) is 11.6 Å². The van der Waals surface area contributed by atoms with Crippen molar-refractivity contribution in [1.29, 1.82) is 0 Å². The van der Waals surface area contributed by atoms with Crippen molar-refractivity contribution in [2.75, 3.05) is 11.7 Å². The first kappa shape index (κ1) is 23.0. The number of carbonyl (C=O) groups excluding carboxylic acids is 4. The quantitative estimate of drug-likeness (QED) is 0.436. The summed E-state index contributed by atoms with van der Waals surface area (Å²) in [4.78, 5) is 53.5. The summed E-state index contributed by atoms with van der Waals surface area (Å²) in [7, 11) is 0. The van der Waals surface area contributed by atoms with Crippen LogP contribution in [0.15, 0.2) is 72.8 Å². The highest BCUT2D eigenvalue weighted by Crippen LogP contribution is 2.37. The van der Waals surface area contributed by atoms with Crippen molar-refractivity contribution in [1.82, 2.24) is 10.4 Å². The highest BCUT2D eigenvalue weighted by Gasteiger charge is 2.45. The molecule has 5 rings (SSSR count). The fourth-order valence-electron chi connectivity index (χ4n) is 4.09. The molecule has 1 saturated heterocycles. The fraction of sp³-hybridized carbons (Fsp3) is 0.154. The molecular formula is C26H20FN3O6. The number of nitrogens with one attached hydrogen (secondary N) is 1. The summed E-state index contributed by atoms with van der Waals surface area (Å²) in [5.74, 6) is -2.42. The Morgan fingerprint density at radius 3 is 2.53 bits per heavy atom. The van der Waals surface area contributed by atoms with Crippen LogP contribution in [-0.4, -0.2) is 41.5 Å². The van der Waals surface area contributed by atoms with Crippen LogP contribution in [-0.2, 0) is 20.8 Å². The van der Waals surface area contributed by atoms with Gasteiger partial charge in [0.15, 0.2) is 11.5 Å². The Bertz CT molecular complexity index is 1360. The summed E-state index contributed by atoms with van der Waals surface area (Å²) in [6.07, 6.45) is -0.483. The molecule has 10 heteroatoms. The number of rotatable bonds is 5. The number of hydrogen-bond donors (Lipinski definition) is 1. The molecule has 0 saturated carbocycles. The average Bonchev–Trinajstić information content (AvgIpc) is 3.46. The van der Waals surface area contributed by atoms with Gasteiger partial charge < -0.3 is 9.47 Å². The number of anilines is 1. The summed E-state index contributed by atoms with van der Waals surface area (Å²) in [5, 5.41) is 0.869. The molecule has 0 aliphatic carbocycles. The number of hydrazine groups is 1. The van der Waals surface area contributed by atoms with E-state index in [-0.39, 0.29) is 30.9 Å². The maximum Gasteiger partial charge on any atom is 0.269 e. The smallest absolute Gasteiger partial charge is 0.269 e. The van der Waals surface area contributed by atoms with Crippen molar-refractivity contribution >= 4 is 29.3 Å². The first-order valence-electron chi connectivity index (χ1n) is 11.1. The van der Waals surface area contributed by atoms with E-state index in [1.54, 1.807) is 36.4 Å². The molecule has 36 heavy (non-hydrogen) atoms. The summed E-state index contributed by atoms with van der Waals surface area (Å²) >= 11 is 0. The maximum atomic E-state index is 13.7. The Hall–Kier alpha value is -4.73. The van der Waals surface area contributed by atoms with Crippen molar-refractivity contribution < 1.29 is 33.0 Å². The van der Waals surface area contributed by atoms with E-state index in [1.165, 1.54) is 30.3 Å². The van der Waals surface area contributed by atoms with E-state index in [1.807, 2.05) is 0 Å². The second-order valence-electron chi connectivity index (χ2n) is 8.20. The van der Waals surface area contributed by atoms with Crippen LogP contribution in [0.3, 0.4) is 0 Å². The molecule has 0 bridgehead atoms. The van der Waals surface area contributed by atoms with Gasteiger partial charge in [-0.3, -0.25) is 24.6 Å². The molecule has 1 atom stereocenters. The molecule has 1 N–H and O–H groups in total. The highest BCUT2D eigenvalue weighted by atomic mass is 19.1. The van der Waals surface area contributed by atoms with E-state index in [9.17, 15) is 23.6 Å². The third-order valence-electron chi connectivity index (χ3n) is 5.82. The SMILES string of the molecule is O=C(NN(C(=O)Cc1ccccc1)C1CC(=O)N(c2ccc3c(c2)OCO3)C1=O)c1cccc(F)c1. The molecule has 4 amide bonds. The predicted molar refractivity (Wildman–Crippen MR) is 124 cm³/mol. The summed E-state index contributed by atoms with van der Waals surface area (Å²) < 4.78 is 24.3. The van der Waals surface area contributed by atoms with E-state index >= 15 is 0 Å². The van der Waals surface area contributed by atoms with Crippen LogP contribution < -0.4 is 19.8 Å². The minimum absolute atomic E-state index is 0.0250. The van der Waals surface area contributed by atoms with Crippen LogP contribution >= 0.6 is 0 Å². The number of benzene rings is 3. The second-order valence-corrected chi connectivity index (χ2v) is 8.20. The van der Waals surface area contributed by atoms with Gasteiger partial charge in [0.05, 0.1) is 18.5 Å². The molecule has 2 aliphatic rings. The molecule has 0 radical (unpaired) electrons. The minimum Gasteiger partial charge on any atom is -0.454 e. The van der Waals surface area contributed by atoms with E-state index in [0.29, 0.717) is 17.1 Å². The van der Waals surface area contributed by atoms with E-state index < -0.39 is 35.5 Å². The Morgan fingerprint density at radius 2 is 1.75 bits per heavy atom. The van der Waals surface area contributed by atoms with Crippen LogP contribution in [0.25, 0.3) is 0 Å². The fourth-order valence-corrected chi connectivity index (χ4v) is 4.09. The van der Waals surface area contributed by atoms with Gasteiger partial charge in [-0.2, -0.15) is 0 Å². The molecule has 1 unspecified atom stereocenters. The van der Waals surface area contributed by atoms with Crippen molar-refractivity contribution in [3.8, 4) is 11.5 Å². The number of hydrogen-bond acceptors (Lipinski definition) is 6. The van der Waals surface area contributed by atoms with Gasteiger partial charge >= 0.3 is 0 Å². The molecule has 9 nitrogen and oxygen atoms in total. The number of fused-ring (bicyclic) bond motifs is 1. The van der Waals surface area contributed by atoms with Gasteiger partial charge in [-0.25, -0.2) is 14.3 Å². The topological polar surface area (TPSA) is 105 Å². The Labute approximate surface area is 205 Å². The molecule has 0 spiro atoms. The van der Waals surface area contributed by atoms with Gasteiger partial charge in [0.1, 0.15) is 11.9 Å². The Morgan fingerprint density at radius 1 is 0.972 bits per heavy atom. The number of amides is 4. The van der Waals surface area contributed by atoms with Crippen molar-refractivity contribution in [2.45, 2.75) is 18.9 Å². The lowest BCUT2D eigenvalue weighted by Gasteiger charge is -2.28. The first-order valence-corrected chi connectivity index (χ1v) is 11.1. The van der Waals surface area contributed by atoms with Crippen LogP contribution in [0.5, 0.6) is 11.5 Å². The number of ether oxygens (including phenoxy) is 2. The summed E-state index contributed by atoms with van der Waals surface area (Å²) in [5.41, 5.74) is 3.28. The zero-order valence-electron chi connectivity index (χ0n) is 18.8. The lowest BCUT2D eigenvalue weighted by molar-refractivity contribution is -0.140. The van der Waals surface area contributed by atoms with Crippen molar-refractivity contribution in [3.63, 3.8) is 0 Å². The largest absolute Gasteiger partial charge is 0.454 e. The monoisotopic (exact) mass is 489 g/mol. The van der Waals surface area contributed by atoms with Gasteiger partial charge in [0.2, 0.25) is 18.6 Å². The third-order valence-corrected chi connectivity index (χ3v) is 5.82. The summed E-state index contributed by atoms with van der Waals surface area (Å²) in [6, 6.07) is 17.0. The lowest BCUT2D eigenvalue weighted by Crippen LogP contribution is -2.55. The van der Waals surface area contributed by atoms with E-state index in [4.69, 9.17) is 9.47 Å². The van der Waals surface area contributed by atoms with Crippen molar-refractivity contribution in [2.24, 2.45) is 0 Å². The maximum absolute atomic E-state index is 13.7. The lowest BCUT2D eigenvalue weighted by atomic mass is 10.1. The number of imide groups is 1. The van der Waals surface area contributed by atoms with E-state index in [2.05, 4.69) is 5.43 Å². The Balaban J connectivity index is 1.43. The van der Waals surface area contributed by atoms with Crippen LogP contribution in [0.1, 0.15) is 22.3 Å². The number of carbonyl (C=O) groups is 4. The Kier molecular flexibility index (Phi) is 6.07. The second kappa shape index (κ2) is 9.49. The zero-order chi connectivity index (χ0) is 25.2. The summed E-state index contributed by atoms with van der Waals surface area (Å²) in [6.45, 7) is 0.0250. The molecule has 182 valence electrons. The van der Waals surface area contributed by atoms with Gasteiger partial charge in [-0.1, -0.05) is 36.4 Å². The molecular weight excluding hydrogens is 469 g/mol. The zero-order valence-corrected chi connectivity index (χ0v) is 18.8. The first-order chi connectivity index (χ1) is 17.4. The average molecular weight is 489 g/mol. The van der Waals surface area contributed by atoms with E-state index in [0.717, 1.165) is 16.0 Å². The minimum atomic E-state index is -1.29. The van der Waals surface area contributed by atoms with Crippen LogP contribution in [0.4, 0.5) is 10.1 Å².